The van der Waals surface area contributed by atoms with Crippen LogP contribution in [0.2, 0.25) is 10.0 Å². The number of pyridine rings is 1. The standard InChI is InChI=1S/C7H9Cl2N3/c8-4-2-12-3-5(9)7(4)6(11)1-10/h2-3,6H,1,10-11H2. The van der Waals surface area contributed by atoms with Crippen molar-refractivity contribution in [1.82, 2.24) is 4.98 Å². The molecule has 1 heterocycles. The zero-order valence-corrected chi connectivity index (χ0v) is 7.81. The first-order chi connectivity index (χ1) is 5.66. The highest BCUT2D eigenvalue weighted by Crippen LogP contribution is 2.27. The van der Waals surface area contributed by atoms with Gasteiger partial charge in [0.25, 0.3) is 0 Å². The van der Waals surface area contributed by atoms with E-state index in [-0.39, 0.29) is 6.04 Å². The molecule has 3 nitrogen and oxygen atoms in total. The van der Waals surface area contributed by atoms with Gasteiger partial charge in [-0.05, 0) is 0 Å². The summed E-state index contributed by atoms with van der Waals surface area (Å²) in [7, 11) is 0. The van der Waals surface area contributed by atoms with Gasteiger partial charge in [0.05, 0.1) is 10.0 Å². The Bertz CT molecular complexity index is 257. The molecule has 0 aliphatic rings. The first-order valence-corrected chi connectivity index (χ1v) is 4.17. The lowest BCUT2D eigenvalue weighted by Crippen LogP contribution is -2.21. The van der Waals surface area contributed by atoms with Crippen molar-refractivity contribution in [2.75, 3.05) is 6.54 Å². The molecule has 1 rings (SSSR count). The Kier molecular flexibility index (Phi) is 3.29. The van der Waals surface area contributed by atoms with Gasteiger partial charge in [0.1, 0.15) is 0 Å². The van der Waals surface area contributed by atoms with E-state index in [2.05, 4.69) is 4.98 Å². The van der Waals surface area contributed by atoms with Gasteiger partial charge >= 0.3 is 0 Å². The predicted octanol–water partition coefficient (Wildman–Crippen LogP) is 1.35. The molecule has 0 spiro atoms. The van der Waals surface area contributed by atoms with Crippen molar-refractivity contribution in [1.29, 1.82) is 0 Å². The maximum absolute atomic E-state index is 5.82. The molecule has 0 fully saturated rings. The lowest BCUT2D eigenvalue weighted by atomic mass is 10.1. The van der Waals surface area contributed by atoms with Crippen LogP contribution in [-0.4, -0.2) is 11.5 Å². The molecule has 66 valence electrons. The lowest BCUT2D eigenvalue weighted by molar-refractivity contribution is 0.736. The number of aromatic nitrogens is 1. The summed E-state index contributed by atoms with van der Waals surface area (Å²) in [5.74, 6) is 0. The number of nitrogens with two attached hydrogens (primary N) is 2. The zero-order chi connectivity index (χ0) is 9.14. The molecule has 0 bridgehead atoms. The first-order valence-electron chi connectivity index (χ1n) is 3.41. The minimum atomic E-state index is -0.326. The normalized spacial score (nSPS) is 13.0. The van der Waals surface area contributed by atoms with Crippen LogP contribution in [0.4, 0.5) is 0 Å². The summed E-state index contributed by atoms with van der Waals surface area (Å²) in [5.41, 5.74) is 11.7. The summed E-state index contributed by atoms with van der Waals surface area (Å²) in [5, 5.41) is 0.918. The van der Waals surface area contributed by atoms with Crippen LogP contribution >= 0.6 is 23.2 Å². The number of rotatable bonds is 2. The Morgan fingerprint density at radius 3 is 2.25 bits per heavy atom. The number of halogens is 2. The molecule has 1 aromatic heterocycles. The molecule has 0 amide bonds. The van der Waals surface area contributed by atoms with Gasteiger partial charge in [-0.25, -0.2) is 0 Å². The van der Waals surface area contributed by atoms with Crippen LogP contribution in [-0.2, 0) is 0 Å². The second-order valence-electron chi connectivity index (χ2n) is 2.36. The Hall–Kier alpha value is -0.350. The number of hydrogen-bond acceptors (Lipinski definition) is 3. The van der Waals surface area contributed by atoms with E-state index in [0.717, 1.165) is 0 Å². The van der Waals surface area contributed by atoms with E-state index in [1.54, 1.807) is 0 Å². The fraction of sp³-hybridized carbons (Fsp3) is 0.286. The molecule has 0 aliphatic heterocycles. The SMILES string of the molecule is NCC(N)c1c(Cl)cncc1Cl. The minimum absolute atomic E-state index is 0.309. The maximum Gasteiger partial charge on any atom is 0.0652 e. The molecule has 0 aromatic carbocycles. The summed E-state index contributed by atoms with van der Waals surface area (Å²) in [6.45, 7) is 0.309. The minimum Gasteiger partial charge on any atom is -0.329 e. The fourth-order valence-corrected chi connectivity index (χ4v) is 1.54. The van der Waals surface area contributed by atoms with E-state index >= 15 is 0 Å². The monoisotopic (exact) mass is 205 g/mol. The summed E-state index contributed by atoms with van der Waals surface area (Å²) in [4.78, 5) is 3.80. The predicted molar refractivity (Wildman–Crippen MR) is 50.2 cm³/mol. The summed E-state index contributed by atoms with van der Waals surface area (Å²) in [6.07, 6.45) is 3.00. The van der Waals surface area contributed by atoms with Crippen molar-refractivity contribution in [3.8, 4) is 0 Å². The average molecular weight is 206 g/mol. The molecule has 1 unspecified atom stereocenters. The van der Waals surface area contributed by atoms with E-state index in [4.69, 9.17) is 34.7 Å². The van der Waals surface area contributed by atoms with Crippen molar-refractivity contribution < 1.29 is 0 Å². The lowest BCUT2D eigenvalue weighted by Gasteiger charge is -2.11. The van der Waals surface area contributed by atoms with Gasteiger partial charge in [0.2, 0.25) is 0 Å². The van der Waals surface area contributed by atoms with Crippen molar-refractivity contribution in [2.24, 2.45) is 11.5 Å². The molecule has 1 aromatic rings. The van der Waals surface area contributed by atoms with E-state index in [9.17, 15) is 0 Å². The molecule has 12 heavy (non-hydrogen) atoms. The smallest absolute Gasteiger partial charge is 0.0652 e. The fourth-order valence-electron chi connectivity index (χ4n) is 0.893. The second kappa shape index (κ2) is 4.05. The van der Waals surface area contributed by atoms with Crippen molar-refractivity contribution in [2.45, 2.75) is 6.04 Å². The van der Waals surface area contributed by atoms with Gasteiger partial charge in [0.15, 0.2) is 0 Å². The van der Waals surface area contributed by atoms with Gasteiger partial charge < -0.3 is 11.5 Å². The summed E-state index contributed by atoms with van der Waals surface area (Å²) >= 11 is 11.6. The molecular formula is C7H9Cl2N3. The third-order valence-electron chi connectivity index (χ3n) is 1.52. The zero-order valence-electron chi connectivity index (χ0n) is 6.30. The van der Waals surface area contributed by atoms with E-state index in [1.807, 2.05) is 0 Å². The molecule has 0 aliphatic carbocycles. The maximum atomic E-state index is 5.82. The second-order valence-corrected chi connectivity index (χ2v) is 3.17. The van der Waals surface area contributed by atoms with Crippen LogP contribution in [0.1, 0.15) is 11.6 Å². The summed E-state index contributed by atoms with van der Waals surface area (Å²) in [6, 6.07) is -0.326. The third-order valence-corrected chi connectivity index (χ3v) is 2.12. The van der Waals surface area contributed by atoms with E-state index < -0.39 is 0 Å². The Morgan fingerprint density at radius 1 is 1.33 bits per heavy atom. The van der Waals surface area contributed by atoms with Gasteiger partial charge in [-0.1, -0.05) is 23.2 Å². The molecular weight excluding hydrogens is 197 g/mol. The van der Waals surface area contributed by atoms with Crippen molar-refractivity contribution in [3.05, 3.63) is 28.0 Å². The van der Waals surface area contributed by atoms with Crippen LogP contribution in [0.3, 0.4) is 0 Å². The molecule has 4 N–H and O–H groups in total. The Morgan fingerprint density at radius 2 is 1.83 bits per heavy atom. The van der Waals surface area contributed by atoms with Crippen LogP contribution in [0.15, 0.2) is 12.4 Å². The molecule has 0 radical (unpaired) electrons. The molecule has 0 saturated carbocycles. The molecule has 5 heteroatoms. The third kappa shape index (κ3) is 1.87. The summed E-state index contributed by atoms with van der Waals surface area (Å²) < 4.78 is 0. The Labute approximate surface area is 80.7 Å². The van der Waals surface area contributed by atoms with Crippen LogP contribution in [0, 0.1) is 0 Å². The van der Waals surface area contributed by atoms with E-state index in [0.29, 0.717) is 22.2 Å². The first kappa shape index (κ1) is 9.74. The Balaban J connectivity index is 3.12. The average Bonchev–Trinajstić information content (AvgIpc) is 2.03. The van der Waals surface area contributed by atoms with Crippen LogP contribution < -0.4 is 11.5 Å². The highest BCUT2D eigenvalue weighted by Gasteiger charge is 2.12. The highest BCUT2D eigenvalue weighted by atomic mass is 35.5. The quantitative estimate of drug-likeness (QED) is 0.767. The highest BCUT2D eigenvalue weighted by molar-refractivity contribution is 6.35. The molecule has 0 saturated heterocycles. The van der Waals surface area contributed by atoms with Crippen molar-refractivity contribution >= 4 is 23.2 Å². The topological polar surface area (TPSA) is 64.9 Å². The largest absolute Gasteiger partial charge is 0.329 e. The van der Waals surface area contributed by atoms with Gasteiger partial charge in [0, 0.05) is 30.5 Å². The number of nitrogens with zero attached hydrogens (tertiary/aromatic N) is 1. The molecule has 1 atom stereocenters. The van der Waals surface area contributed by atoms with E-state index in [1.165, 1.54) is 12.4 Å². The van der Waals surface area contributed by atoms with Crippen LogP contribution in [0.5, 0.6) is 0 Å². The van der Waals surface area contributed by atoms with Crippen molar-refractivity contribution in [3.63, 3.8) is 0 Å². The van der Waals surface area contributed by atoms with Gasteiger partial charge in [-0.2, -0.15) is 0 Å². The van der Waals surface area contributed by atoms with Gasteiger partial charge in [-0.15, -0.1) is 0 Å². The van der Waals surface area contributed by atoms with Gasteiger partial charge in [-0.3, -0.25) is 4.98 Å². The van der Waals surface area contributed by atoms with Crippen LogP contribution in [0.25, 0.3) is 0 Å². The number of hydrogen-bond donors (Lipinski definition) is 2.